The molecular formula is C26H18FN5O. The van der Waals surface area contributed by atoms with E-state index in [9.17, 15) is 9.65 Å². The molecule has 2 heterocycles. The molecule has 0 saturated carbocycles. The molecule has 7 heteroatoms. The van der Waals surface area contributed by atoms with Gasteiger partial charge >= 0.3 is 0 Å². The van der Waals surface area contributed by atoms with Gasteiger partial charge in [-0.15, -0.1) is 0 Å². The maximum absolute atomic E-state index is 14.9. The summed E-state index contributed by atoms with van der Waals surface area (Å²) in [6.45, 7) is 0. The normalized spacial score (nSPS) is 16.6. The summed E-state index contributed by atoms with van der Waals surface area (Å²) in [6, 6.07) is 19.9. The summed E-state index contributed by atoms with van der Waals surface area (Å²) in [4.78, 5) is 13.1. The van der Waals surface area contributed by atoms with Crippen LogP contribution < -0.4 is 10.5 Å². The minimum atomic E-state index is -1.13. The number of amidine groups is 1. The lowest BCUT2D eigenvalue weighted by Gasteiger charge is -2.30. The lowest BCUT2D eigenvalue weighted by molar-refractivity contribution is 0.412. The number of ether oxygens (including phenoxy) is 1. The molecule has 33 heavy (non-hydrogen) atoms. The highest BCUT2D eigenvalue weighted by Gasteiger charge is 2.44. The van der Waals surface area contributed by atoms with E-state index in [2.05, 4.69) is 16.0 Å². The van der Waals surface area contributed by atoms with Crippen molar-refractivity contribution in [3.8, 4) is 22.9 Å². The van der Waals surface area contributed by atoms with Crippen molar-refractivity contribution in [1.82, 2.24) is 9.97 Å². The minimum Gasteiger partial charge on any atom is -0.495 e. The second-order valence-corrected chi connectivity index (χ2v) is 7.60. The van der Waals surface area contributed by atoms with E-state index >= 15 is 0 Å². The van der Waals surface area contributed by atoms with E-state index in [-0.39, 0.29) is 11.4 Å². The van der Waals surface area contributed by atoms with Gasteiger partial charge in [-0.3, -0.25) is 0 Å². The number of rotatable bonds is 4. The molecule has 1 unspecified atom stereocenters. The summed E-state index contributed by atoms with van der Waals surface area (Å²) >= 11 is 0. The Kier molecular flexibility index (Phi) is 4.83. The van der Waals surface area contributed by atoms with Crippen LogP contribution in [0.3, 0.4) is 0 Å². The van der Waals surface area contributed by atoms with E-state index in [0.717, 1.165) is 16.7 Å². The SMILES string of the molecule is COc1cc(C2(c3cccc(-c4cncnc4)c3)N=C(N)c3c(F)cccc32)ccc1C#N. The predicted octanol–water partition coefficient (Wildman–Crippen LogP) is 4.17. The third kappa shape index (κ3) is 3.12. The molecule has 1 aromatic heterocycles. The first-order valence-electron chi connectivity index (χ1n) is 10.2. The Hall–Kier alpha value is -4.57. The highest BCUT2D eigenvalue weighted by atomic mass is 19.1. The van der Waals surface area contributed by atoms with Crippen molar-refractivity contribution in [3.05, 3.63) is 113 Å². The van der Waals surface area contributed by atoms with Crippen LogP contribution in [0.5, 0.6) is 5.75 Å². The van der Waals surface area contributed by atoms with E-state index in [1.165, 1.54) is 19.5 Å². The molecule has 0 spiro atoms. The summed E-state index contributed by atoms with van der Waals surface area (Å²) in [5.41, 5.74) is 9.63. The number of aliphatic imine (C=N–C) groups is 1. The standard InChI is InChI=1S/C26H18FN5O/c1-33-23-11-20(9-8-17(23)12-28)26(21-6-3-7-22(27)24(21)25(29)32-26)19-5-2-4-16(10-19)18-13-30-15-31-14-18/h2-11,13-15H,1H3,(H2,29,32). The summed E-state index contributed by atoms with van der Waals surface area (Å²) in [5.74, 6) is 0.0735. The zero-order valence-electron chi connectivity index (χ0n) is 17.7. The Morgan fingerprint density at radius 3 is 2.48 bits per heavy atom. The monoisotopic (exact) mass is 435 g/mol. The molecule has 5 rings (SSSR count). The molecule has 160 valence electrons. The molecule has 0 amide bonds. The first-order valence-corrected chi connectivity index (χ1v) is 10.2. The van der Waals surface area contributed by atoms with E-state index in [4.69, 9.17) is 15.5 Å². The Bertz CT molecular complexity index is 1450. The molecule has 2 N–H and O–H groups in total. The van der Waals surface area contributed by atoms with Gasteiger partial charge in [0.25, 0.3) is 0 Å². The number of hydrogen-bond donors (Lipinski definition) is 1. The van der Waals surface area contributed by atoms with Crippen LogP contribution in [-0.4, -0.2) is 22.9 Å². The molecule has 1 aliphatic heterocycles. The third-order valence-corrected chi connectivity index (χ3v) is 5.86. The zero-order valence-corrected chi connectivity index (χ0v) is 17.7. The molecular weight excluding hydrogens is 417 g/mol. The van der Waals surface area contributed by atoms with Gasteiger partial charge in [-0.25, -0.2) is 19.4 Å². The average molecular weight is 435 g/mol. The van der Waals surface area contributed by atoms with E-state index in [0.29, 0.717) is 22.4 Å². The quantitative estimate of drug-likeness (QED) is 0.519. The van der Waals surface area contributed by atoms with Crippen molar-refractivity contribution >= 4 is 5.84 Å². The van der Waals surface area contributed by atoms with Crippen molar-refractivity contribution in [2.45, 2.75) is 5.54 Å². The number of nitrogens with zero attached hydrogens (tertiary/aromatic N) is 4. The van der Waals surface area contributed by atoms with Crippen LogP contribution in [0.15, 0.2) is 84.4 Å². The van der Waals surface area contributed by atoms with Gasteiger partial charge in [-0.05, 0) is 41.0 Å². The molecule has 3 aromatic carbocycles. The molecule has 1 aliphatic rings. The van der Waals surface area contributed by atoms with Crippen LogP contribution in [-0.2, 0) is 5.54 Å². The topological polar surface area (TPSA) is 97.2 Å². The number of nitriles is 1. The van der Waals surface area contributed by atoms with Crippen molar-refractivity contribution in [1.29, 1.82) is 5.26 Å². The molecule has 0 radical (unpaired) electrons. The van der Waals surface area contributed by atoms with Crippen LogP contribution in [0.1, 0.15) is 27.8 Å². The fraction of sp³-hybridized carbons (Fsp3) is 0.0769. The lowest BCUT2D eigenvalue weighted by atomic mass is 9.76. The second-order valence-electron chi connectivity index (χ2n) is 7.60. The van der Waals surface area contributed by atoms with E-state index in [1.54, 1.807) is 36.7 Å². The smallest absolute Gasteiger partial charge is 0.139 e. The number of fused-ring (bicyclic) bond motifs is 1. The van der Waals surface area contributed by atoms with Gasteiger partial charge in [0, 0.05) is 23.5 Å². The van der Waals surface area contributed by atoms with Crippen LogP contribution in [0, 0.1) is 17.1 Å². The number of aromatic nitrogens is 2. The Balaban J connectivity index is 1.83. The van der Waals surface area contributed by atoms with Gasteiger partial charge in [0.05, 0.1) is 18.2 Å². The molecule has 6 nitrogen and oxygen atoms in total. The second kappa shape index (κ2) is 7.84. The van der Waals surface area contributed by atoms with E-state index in [1.807, 2.05) is 30.3 Å². The van der Waals surface area contributed by atoms with Gasteiger partial charge < -0.3 is 10.5 Å². The van der Waals surface area contributed by atoms with Crippen LogP contribution in [0.2, 0.25) is 0 Å². The van der Waals surface area contributed by atoms with Crippen molar-refractivity contribution < 1.29 is 9.13 Å². The van der Waals surface area contributed by atoms with Gasteiger partial charge in [0.1, 0.15) is 35.3 Å². The Labute approximate surface area is 189 Å². The molecule has 4 aromatic rings. The molecule has 1 atom stereocenters. The number of nitrogens with two attached hydrogens (primary N) is 1. The number of hydrogen-bond acceptors (Lipinski definition) is 6. The summed E-state index contributed by atoms with van der Waals surface area (Å²) < 4.78 is 20.3. The summed E-state index contributed by atoms with van der Waals surface area (Å²) in [6.07, 6.45) is 4.92. The van der Waals surface area contributed by atoms with Crippen LogP contribution >= 0.6 is 0 Å². The third-order valence-electron chi connectivity index (χ3n) is 5.86. The van der Waals surface area contributed by atoms with Crippen molar-refractivity contribution in [3.63, 3.8) is 0 Å². The lowest BCUT2D eigenvalue weighted by Crippen LogP contribution is -2.25. The van der Waals surface area contributed by atoms with E-state index < -0.39 is 11.4 Å². The average Bonchev–Trinajstić information content (AvgIpc) is 3.18. The first-order chi connectivity index (χ1) is 16.1. The van der Waals surface area contributed by atoms with Gasteiger partial charge in [0.15, 0.2) is 0 Å². The number of methoxy groups -OCH3 is 1. The van der Waals surface area contributed by atoms with Crippen molar-refractivity contribution in [2.75, 3.05) is 7.11 Å². The summed E-state index contributed by atoms with van der Waals surface area (Å²) in [5, 5.41) is 9.45. The fourth-order valence-corrected chi connectivity index (χ4v) is 4.37. The number of benzene rings is 3. The molecule has 0 saturated heterocycles. The van der Waals surface area contributed by atoms with Gasteiger partial charge in [-0.1, -0.05) is 36.4 Å². The van der Waals surface area contributed by atoms with Crippen molar-refractivity contribution in [2.24, 2.45) is 10.7 Å². The van der Waals surface area contributed by atoms with Gasteiger partial charge in [0.2, 0.25) is 0 Å². The highest BCUT2D eigenvalue weighted by molar-refractivity contribution is 6.03. The molecule has 0 fully saturated rings. The highest BCUT2D eigenvalue weighted by Crippen LogP contribution is 2.48. The molecule has 0 aliphatic carbocycles. The maximum Gasteiger partial charge on any atom is 0.139 e. The molecule has 0 bridgehead atoms. The van der Waals surface area contributed by atoms with Crippen LogP contribution in [0.4, 0.5) is 4.39 Å². The first kappa shape index (κ1) is 20.3. The number of halogens is 1. The summed E-state index contributed by atoms with van der Waals surface area (Å²) in [7, 11) is 1.50. The predicted molar refractivity (Wildman–Crippen MR) is 122 cm³/mol. The largest absolute Gasteiger partial charge is 0.495 e. The Morgan fingerprint density at radius 1 is 0.970 bits per heavy atom. The van der Waals surface area contributed by atoms with Gasteiger partial charge in [-0.2, -0.15) is 5.26 Å². The zero-order chi connectivity index (χ0) is 23.0. The fourth-order valence-electron chi connectivity index (χ4n) is 4.37. The Morgan fingerprint density at radius 2 is 1.73 bits per heavy atom. The van der Waals surface area contributed by atoms with Crippen LogP contribution in [0.25, 0.3) is 11.1 Å². The maximum atomic E-state index is 14.9. The minimum absolute atomic E-state index is 0.111.